The zero-order chi connectivity index (χ0) is 12.4. The molecule has 2 heterocycles. The molecule has 1 aliphatic heterocycles. The van der Waals surface area contributed by atoms with Crippen molar-refractivity contribution in [3.05, 3.63) is 53.6 Å². The van der Waals surface area contributed by atoms with E-state index in [1.807, 2.05) is 16.8 Å². The number of ether oxygens (including phenoxy) is 1. The summed E-state index contributed by atoms with van der Waals surface area (Å²) < 4.78 is 7.80. The molecule has 0 aliphatic carbocycles. The summed E-state index contributed by atoms with van der Waals surface area (Å²) in [6.45, 7) is 1.42. The Kier molecular flexibility index (Phi) is 3.13. The third-order valence-corrected chi connectivity index (χ3v) is 3.40. The van der Waals surface area contributed by atoms with Gasteiger partial charge in [-0.05, 0) is 17.5 Å². The van der Waals surface area contributed by atoms with Crippen molar-refractivity contribution in [2.75, 3.05) is 6.61 Å². The number of benzene rings is 1. The summed E-state index contributed by atoms with van der Waals surface area (Å²) >= 11 is 0. The minimum absolute atomic E-state index is 0.0403. The maximum Gasteiger partial charge on any atom is 0.134 e. The second kappa shape index (κ2) is 4.92. The third kappa shape index (κ3) is 2.05. The first-order valence-corrected chi connectivity index (χ1v) is 6.19. The highest BCUT2D eigenvalue weighted by molar-refractivity contribution is 5.30. The summed E-state index contributed by atoms with van der Waals surface area (Å²) in [4.78, 5) is 4.11. The molecule has 2 aromatic rings. The van der Waals surface area contributed by atoms with Crippen molar-refractivity contribution < 1.29 is 9.84 Å². The third-order valence-electron chi connectivity index (χ3n) is 3.40. The molecule has 0 amide bonds. The number of aliphatic hydroxyl groups excluding tert-OH is 1. The smallest absolute Gasteiger partial charge is 0.134 e. The van der Waals surface area contributed by atoms with Gasteiger partial charge in [0, 0.05) is 12.4 Å². The van der Waals surface area contributed by atoms with Crippen molar-refractivity contribution in [2.24, 2.45) is 0 Å². The number of imidazole rings is 1. The van der Waals surface area contributed by atoms with Crippen LogP contribution in [-0.2, 0) is 24.3 Å². The van der Waals surface area contributed by atoms with Crippen LogP contribution in [0.1, 0.15) is 23.1 Å². The molecule has 1 atom stereocenters. The molecule has 0 fully saturated rings. The van der Waals surface area contributed by atoms with Crippen LogP contribution in [0.5, 0.6) is 0 Å². The van der Waals surface area contributed by atoms with Crippen LogP contribution in [0.25, 0.3) is 0 Å². The zero-order valence-electron chi connectivity index (χ0n) is 10.1. The van der Waals surface area contributed by atoms with Gasteiger partial charge in [-0.25, -0.2) is 4.98 Å². The quantitative estimate of drug-likeness (QED) is 0.893. The van der Waals surface area contributed by atoms with Gasteiger partial charge in [0.25, 0.3) is 0 Å². The van der Waals surface area contributed by atoms with Gasteiger partial charge in [0.05, 0.1) is 13.2 Å². The van der Waals surface area contributed by atoms with Gasteiger partial charge < -0.3 is 14.4 Å². The minimum Gasteiger partial charge on any atom is -0.388 e. The number of rotatable bonds is 3. The van der Waals surface area contributed by atoms with Crippen molar-refractivity contribution in [3.8, 4) is 0 Å². The molecule has 1 aromatic heterocycles. The Labute approximate surface area is 106 Å². The van der Waals surface area contributed by atoms with Crippen molar-refractivity contribution in [1.29, 1.82) is 0 Å². The molecule has 4 nitrogen and oxygen atoms in total. The Balaban J connectivity index is 1.86. The molecule has 94 valence electrons. The standard InChI is InChI=1S/C14H16N2O2/c17-10-14-15-6-7-16(14)9-13-12-4-2-1-3-11(12)5-8-18-13/h1-4,6-7,13,17H,5,8-10H2. The van der Waals surface area contributed by atoms with E-state index in [1.165, 1.54) is 11.1 Å². The molecular formula is C14H16N2O2. The SMILES string of the molecule is OCc1nccn1CC1OCCc2ccccc21. The molecule has 0 saturated carbocycles. The Morgan fingerprint density at radius 3 is 3.17 bits per heavy atom. The molecule has 0 spiro atoms. The predicted octanol–water partition coefficient (Wildman–Crippen LogP) is 1.69. The van der Waals surface area contributed by atoms with Gasteiger partial charge in [0.15, 0.2) is 0 Å². The van der Waals surface area contributed by atoms with Crippen LogP contribution in [0.4, 0.5) is 0 Å². The molecular weight excluding hydrogens is 228 g/mol. The van der Waals surface area contributed by atoms with Crippen LogP contribution >= 0.6 is 0 Å². The highest BCUT2D eigenvalue weighted by Gasteiger charge is 2.21. The fraction of sp³-hybridized carbons (Fsp3) is 0.357. The molecule has 0 bridgehead atoms. The van der Waals surface area contributed by atoms with Crippen LogP contribution in [0.15, 0.2) is 36.7 Å². The lowest BCUT2D eigenvalue weighted by Gasteiger charge is -2.26. The topological polar surface area (TPSA) is 47.3 Å². The predicted molar refractivity (Wildman–Crippen MR) is 67.0 cm³/mol. The van der Waals surface area contributed by atoms with Gasteiger partial charge in [-0.1, -0.05) is 24.3 Å². The first-order chi connectivity index (χ1) is 8.88. The van der Waals surface area contributed by atoms with Crippen molar-refractivity contribution in [3.63, 3.8) is 0 Å². The van der Waals surface area contributed by atoms with Gasteiger partial charge in [-0.3, -0.25) is 0 Å². The summed E-state index contributed by atoms with van der Waals surface area (Å²) in [6, 6.07) is 8.39. The Morgan fingerprint density at radius 1 is 1.39 bits per heavy atom. The second-order valence-electron chi connectivity index (χ2n) is 4.46. The van der Waals surface area contributed by atoms with E-state index in [0.717, 1.165) is 13.0 Å². The van der Waals surface area contributed by atoms with Crippen LogP contribution in [0, 0.1) is 0 Å². The Morgan fingerprint density at radius 2 is 2.28 bits per heavy atom. The van der Waals surface area contributed by atoms with E-state index in [9.17, 15) is 5.11 Å². The number of aliphatic hydroxyl groups is 1. The Hall–Kier alpha value is -1.65. The largest absolute Gasteiger partial charge is 0.388 e. The van der Waals surface area contributed by atoms with Crippen molar-refractivity contribution >= 4 is 0 Å². The van der Waals surface area contributed by atoms with Gasteiger partial charge >= 0.3 is 0 Å². The van der Waals surface area contributed by atoms with E-state index in [-0.39, 0.29) is 12.7 Å². The van der Waals surface area contributed by atoms with Crippen LogP contribution in [0.2, 0.25) is 0 Å². The average Bonchev–Trinajstić information content (AvgIpc) is 2.86. The van der Waals surface area contributed by atoms with Crippen LogP contribution < -0.4 is 0 Å². The summed E-state index contributed by atoms with van der Waals surface area (Å²) in [5.41, 5.74) is 2.61. The molecule has 18 heavy (non-hydrogen) atoms. The van der Waals surface area contributed by atoms with Crippen molar-refractivity contribution in [2.45, 2.75) is 25.7 Å². The highest BCUT2D eigenvalue weighted by atomic mass is 16.5. The van der Waals surface area contributed by atoms with E-state index in [0.29, 0.717) is 12.4 Å². The van der Waals surface area contributed by atoms with Crippen LogP contribution in [0.3, 0.4) is 0 Å². The monoisotopic (exact) mass is 244 g/mol. The van der Waals surface area contributed by atoms with Gasteiger partial charge in [-0.2, -0.15) is 0 Å². The second-order valence-corrected chi connectivity index (χ2v) is 4.46. The van der Waals surface area contributed by atoms with Gasteiger partial charge in [0.2, 0.25) is 0 Å². The highest BCUT2D eigenvalue weighted by Crippen LogP contribution is 2.28. The number of hydrogen-bond acceptors (Lipinski definition) is 3. The van der Waals surface area contributed by atoms with E-state index < -0.39 is 0 Å². The molecule has 0 saturated heterocycles. The van der Waals surface area contributed by atoms with Crippen molar-refractivity contribution in [1.82, 2.24) is 9.55 Å². The molecule has 1 unspecified atom stereocenters. The van der Waals surface area contributed by atoms with E-state index in [1.54, 1.807) is 6.20 Å². The lowest BCUT2D eigenvalue weighted by atomic mass is 9.97. The molecule has 1 aliphatic rings. The summed E-state index contributed by atoms with van der Waals surface area (Å²) in [5.74, 6) is 0.682. The fourth-order valence-corrected chi connectivity index (χ4v) is 2.46. The molecule has 3 rings (SSSR count). The number of nitrogens with zero attached hydrogens (tertiary/aromatic N) is 2. The first kappa shape index (κ1) is 11.4. The zero-order valence-corrected chi connectivity index (χ0v) is 10.1. The lowest BCUT2D eigenvalue weighted by Crippen LogP contribution is -2.21. The number of hydrogen-bond donors (Lipinski definition) is 1. The molecule has 0 radical (unpaired) electrons. The Bertz CT molecular complexity index is 536. The van der Waals surface area contributed by atoms with E-state index in [4.69, 9.17) is 4.74 Å². The van der Waals surface area contributed by atoms with Gasteiger partial charge in [0.1, 0.15) is 18.5 Å². The van der Waals surface area contributed by atoms with E-state index >= 15 is 0 Å². The first-order valence-electron chi connectivity index (χ1n) is 6.19. The minimum atomic E-state index is -0.0403. The summed E-state index contributed by atoms with van der Waals surface area (Å²) in [5, 5.41) is 9.21. The average molecular weight is 244 g/mol. The fourth-order valence-electron chi connectivity index (χ4n) is 2.46. The summed E-state index contributed by atoms with van der Waals surface area (Å²) in [7, 11) is 0. The van der Waals surface area contributed by atoms with E-state index in [2.05, 4.69) is 23.2 Å². The maximum atomic E-state index is 9.21. The normalized spacial score (nSPS) is 18.6. The number of fused-ring (bicyclic) bond motifs is 1. The molecule has 1 N–H and O–H groups in total. The molecule has 4 heteroatoms. The number of aromatic nitrogens is 2. The lowest BCUT2D eigenvalue weighted by molar-refractivity contribution is 0.0294. The summed E-state index contributed by atoms with van der Waals surface area (Å²) in [6.07, 6.45) is 4.62. The maximum absolute atomic E-state index is 9.21. The van der Waals surface area contributed by atoms with Gasteiger partial charge in [-0.15, -0.1) is 0 Å². The molecule has 1 aromatic carbocycles. The van der Waals surface area contributed by atoms with Crippen LogP contribution in [-0.4, -0.2) is 21.3 Å².